The summed E-state index contributed by atoms with van der Waals surface area (Å²) in [5, 5.41) is 7.39. The number of H-pyrrole nitrogens is 2. The van der Waals surface area contributed by atoms with Gasteiger partial charge < -0.3 is 9.88 Å². The van der Waals surface area contributed by atoms with Crippen LogP contribution < -0.4 is 4.90 Å². The van der Waals surface area contributed by atoms with Gasteiger partial charge in [-0.15, -0.1) is 0 Å². The van der Waals surface area contributed by atoms with Crippen LogP contribution in [0.1, 0.15) is 0 Å². The van der Waals surface area contributed by atoms with E-state index in [1.165, 1.54) is 6.20 Å². The van der Waals surface area contributed by atoms with E-state index >= 15 is 4.39 Å². The standard InChI is InChI=1S/C24H18FN9/c1-34(2)14-9-13(10-26-11-14)15-12-29-23-18(19(15)25)22(32-33-23)24-30-17-6-8-28-20(21(17)31-24)16-5-3-4-7-27-16/h3-12H,1-2H3,(H,30,31)(H,29,32,33). The van der Waals surface area contributed by atoms with Gasteiger partial charge in [0.2, 0.25) is 0 Å². The van der Waals surface area contributed by atoms with E-state index in [1.54, 1.807) is 24.8 Å². The highest BCUT2D eigenvalue weighted by molar-refractivity contribution is 5.96. The number of aromatic amines is 2. The molecule has 0 aliphatic rings. The van der Waals surface area contributed by atoms with Gasteiger partial charge in [-0.1, -0.05) is 6.07 Å². The smallest absolute Gasteiger partial charge is 0.159 e. The largest absolute Gasteiger partial charge is 0.376 e. The lowest BCUT2D eigenvalue weighted by Crippen LogP contribution is -2.08. The first-order valence-corrected chi connectivity index (χ1v) is 10.5. The van der Waals surface area contributed by atoms with Crippen LogP contribution in [-0.4, -0.2) is 54.2 Å². The van der Waals surface area contributed by atoms with Crippen molar-refractivity contribution in [1.82, 2.24) is 40.1 Å². The van der Waals surface area contributed by atoms with Crippen molar-refractivity contribution in [2.75, 3.05) is 19.0 Å². The molecule has 9 nitrogen and oxygen atoms in total. The summed E-state index contributed by atoms with van der Waals surface area (Å²) in [4.78, 5) is 27.3. The lowest BCUT2D eigenvalue weighted by Gasteiger charge is -2.13. The number of nitrogens with one attached hydrogen (secondary N) is 2. The van der Waals surface area contributed by atoms with Gasteiger partial charge in [0.1, 0.15) is 22.7 Å². The molecule has 0 saturated heterocycles. The van der Waals surface area contributed by atoms with E-state index in [2.05, 4.69) is 35.1 Å². The van der Waals surface area contributed by atoms with Gasteiger partial charge in [0.15, 0.2) is 11.5 Å². The van der Waals surface area contributed by atoms with Crippen LogP contribution in [0.15, 0.2) is 61.3 Å². The monoisotopic (exact) mass is 451 g/mol. The predicted molar refractivity (Wildman–Crippen MR) is 128 cm³/mol. The molecule has 0 spiro atoms. The number of hydrogen-bond acceptors (Lipinski definition) is 7. The van der Waals surface area contributed by atoms with Crippen LogP contribution in [0.5, 0.6) is 0 Å². The van der Waals surface area contributed by atoms with Gasteiger partial charge in [0.25, 0.3) is 0 Å². The average molecular weight is 451 g/mol. The summed E-state index contributed by atoms with van der Waals surface area (Å²) in [6.45, 7) is 0. The van der Waals surface area contributed by atoms with E-state index in [-0.39, 0.29) is 5.39 Å². The fourth-order valence-corrected chi connectivity index (χ4v) is 3.88. The molecule has 2 N–H and O–H groups in total. The predicted octanol–water partition coefficient (Wildman–Crippen LogP) is 4.23. The quantitative estimate of drug-likeness (QED) is 0.413. The minimum atomic E-state index is -0.449. The van der Waals surface area contributed by atoms with Crippen molar-refractivity contribution in [3.8, 4) is 34.0 Å². The van der Waals surface area contributed by atoms with Crippen LogP contribution in [0.4, 0.5) is 10.1 Å². The number of aromatic nitrogens is 8. The van der Waals surface area contributed by atoms with E-state index in [9.17, 15) is 0 Å². The first-order valence-electron chi connectivity index (χ1n) is 10.5. The number of pyridine rings is 4. The third-order valence-corrected chi connectivity index (χ3v) is 5.61. The lowest BCUT2D eigenvalue weighted by atomic mass is 10.1. The first kappa shape index (κ1) is 19.9. The Hall–Kier alpha value is -4.73. The van der Waals surface area contributed by atoms with E-state index in [0.717, 1.165) is 11.2 Å². The molecule has 166 valence electrons. The third kappa shape index (κ3) is 3.15. The van der Waals surface area contributed by atoms with Crippen molar-refractivity contribution in [2.24, 2.45) is 0 Å². The molecular weight excluding hydrogens is 433 g/mol. The van der Waals surface area contributed by atoms with Gasteiger partial charge in [0, 0.05) is 50.0 Å². The molecule has 0 radical (unpaired) electrons. The SMILES string of the molecule is CN(C)c1cncc(-c2cnc3[nH]nc(-c4nc5c(-c6ccccn6)nccc5[nH]4)c3c2F)c1. The zero-order chi connectivity index (χ0) is 23.2. The van der Waals surface area contributed by atoms with Crippen molar-refractivity contribution < 1.29 is 4.39 Å². The number of rotatable bonds is 4. The maximum atomic E-state index is 15.9. The molecule has 6 rings (SSSR count). The van der Waals surface area contributed by atoms with Crippen molar-refractivity contribution >= 4 is 27.8 Å². The van der Waals surface area contributed by atoms with E-state index in [0.29, 0.717) is 45.2 Å². The Morgan fingerprint density at radius 2 is 1.85 bits per heavy atom. The first-order chi connectivity index (χ1) is 16.6. The van der Waals surface area contributed by atoms with Gasteiger partial charge in [-0.25, -0.2) is 14.4 Å². The summed E-state index contributed by atoms with van der Waals surface area (Å²) in [6.07, 6.45) is 8.20. The molecule has 6 aromatic heterocycles. The number of fused-ring (bicyclic) bond motifs is 2. The zero-order valence-electron chi connectivity index (χ0n) is 18.3. The summed E-state index contributed by atoms with van der Waals surface area (Å²) in [6, 6.07) is 9.27. The van der Waals surface area contributed by atoms with Crippen LogP contribution in [0, 0.1) is 5.82 Å². The lowest BCUT2D eigenvalue weighted by molar-refractivity contribution is 0.642. The summed E-state index contributed by atoms with van der Waals surface area (Å²) in [7, 11) is 3.81. The molecule has 0 bridgehead atoms. The van der Waals surface area contributed by atoms with Gasteiger partial charge in [-0.2, -0.15) is 5.10 Å². The number of halogens is 1. The van der Waals surface area contributed by atoms with Gasteiger partial charge >= 0.3 is 0 Å². The second-order valence-corrected chi connectivity index (χ2v) is 7.96. The molecule has 10 heteroatoms. The topological polar surface area (TPSA) is 112 Å². The average Bonchev–Trinajstić information content (AvgIpc) is 3.49. The second kappa shape index (κ2) is 7.69. The molecule has 0 saturated carbocycles. The van der Waals surface area contributed by atoms with Crippen molar-refractivity contribution in [3.63, 3.8) is 0 Å². The van der Waals surface area contributed by atoms with Crippen LogP contribution in [0.3, 0.4) is 0 Å². The summed E-state index contributed by atoms with van der Waals surface area (Å²) in [5.41, 5.74) is 5.17. The number of hydrogen-bond donors (Lipinski definition) is 2. The fraction of sp³-hybridized carbons (Fsp3) is 0.0833. The maximum Gasteiger partial charge on any atom is 0.159 e. The minimum Gasteiger partial charge on any atom is -0.376 e. The summed E-state index contributed by atoms with van der Waals surface area (Å²) < 4.78 is 15.9. The number of imidazole rings is 1. The fourth-order valence-electron chi connectivity index (χ4n) is 3.88. The Kier molecular flexibility index (Phi) is 4.51. The summed E-state index contributed by atoms with van der Waals surface area (Å²) >= 11 is 0. The highest BCUT2D eigenvalue weighted by Crippen LogP contribution is 2.34. The van der Waals surface area contributed by atoms with Gasteiger partial charge in [0.05, 0.1) is 28.5 Å². The Balaban J connectivity index is 1.52. The highest BCUT2D eigenvalue weighted by Gasteiger charge is 2.21. The second-order valence-electron chi connectivity index (χ2n) is 7.96. The number of anilines is 1. The summed E-state index contributed by atoms with van der Waals surface area (Å²) in [5.74, 6) is -0.0422. The number of nitrogens with zero attached hydrogens (tertiary/aromatic N) is 7. The molecule has 0 unspecified atom stereocenters. The van der Waals surface area contributed by atoms with Crippen LogP contribution >= 0.6 is 0 Å². The molecule has 0 amide bonds. The molecule has 0 atom stereocenters. The molecule has 0 fully saturated rings. The van der Waals surface area contributed by atoms with Gasteiger partial charge in [-0.3, -0.25) is 20.1 Å². The van der Waals surface area contributed by atoms with E-state index in [1.807, 2.05) is 49.3 Å². The van der Waals surface area contributed by atoms with Crippen LogP contribution in [0.25, 0.3) is 56.1 Å². The molecule has 0 aromatic carbocycles. The Labute approximate surface area is 192 Å². The maximum absolute atomic E-state index is 15.9. The Morgan fingerprint density at radius 1 is 0.941 bits per heavy atom. The zero-order valence-corrected chi connectivity index (χ0v) is 18.3. The Bertz CT molecular complexity index is 1650. The van der Waals surface area contributed by atoms with Crippen molar-refractivity contribution in [2.45, 2.75) is 0 Å². The molecule has 0 aliphatic carbocycles. The van der Waals surface area contributed by atoms with Gasteiger partial charge in [-0.05, 0) is 24.3 Å². The molecule has 6 aromatic rings. The van der Waals surface area contributed by atoms with Crippen molar-refractivity contribution in [1.29, 1.82) is 0 Å². The van der Waals surface area contributed by atoms with Crippen LogP contribution in [-0.2, 0) is 0 Å². The molecule has 0 aliphatic heterocycles. The Morgan fingerprint density at radius 3 is 2.68 bits per heavy atom. The highest BCUT2D eigenvalue weighted by atomic mass is 19.1. The molecular formula is C24H18FN9. The molecule has 6 heterocycles. The third-order valence-electron chi connectivity index (χ3n) is 5.61. The molecule has 34 heavy (non-hydrogen) atoms. The van der Waals surface area contributed by atoms with Crippen molar-refractivity contribution in [3.05, 3.63) is 67.1 Å². The van der Waals surface area contributed by atoms with Crippen LogP contribution in [0.2, 0.25) is 0 Å². The minimum absolute atomic E-state index is 0.249. The van der Waals surface area contributed by atoms with E-state index in [4.69, 9.17) is 4.98 Å². The van der Waals surface area contributed by atoms with E-state index < -0.39 is 5.82 Å². The normalized spacial score (nSPS) is 11.4.